The van der Waals surface area contributed by atoms with Gasteiger partial charge in [0.15, 0.2) is 0 Å². The fourth-order valence-corrected chi connectivity index (χ4v) is 1.95. The Morgan fingerprint density at radius 3 is 2.50 bits per heavy atom. The molecular weight excluding hydrogens is 257 g/mol. The quantitative estimate of drug-likeness (QED) is 0.881. The molecule has 1 atom stereocenters. The van der Waals surface area contributed by atoms with Gasteiger partial charge in [0.2, 0.25) is 0 Å². The van der Waals surface area contributed by atoms with Crippen molar-refractivity contribution in [2.45, 2.75) is 19.4 Å². The van der Waals surface area contributed by atoms with Crippen LogP contribution in [0.5, 0.6) is 11.5 Å². The van der Waals surface area contributed by atoms with Crippen molar-refractivity contribution < 1.29 is 14.2 Å². The molecule has 0 bridgehead atoms. The molecule has 20 heavy (non-hydrogen) atoms. The molecule has 0 radical (unpaired) electrons. The molecule has 0 heterocycles. The third-order valence-electron chi connectivity index (χ3n) is 3.01. The molecule has 3 N–H and O–H groups in total. The number of aliphatic hydroxyl groups is 1. The highest BCUT2D eigenvalue weighted by Crippen LogP contribution is 2.29. The Labute approximate surface area is 117 Å². The highest BCUT2D eigenvalue weighted by Gasteiger charge is 2.10. The van der Waals surface area contributed by atoms with Gasteiger partial charge in [0.1, 0.15) is 17.3 Å². The van der Waals surface area contributed by atoms with Crippen molar-refractivity contribution in [1.29, 1.82) is 0 Å². The third-order valence-corrected chi connectivity index (χ3v) is 3.01. The summed E-state index contributed by atoms with van der Waals surface area (Å²) in [6.45, 7) is 1.90. The standard InChI is InChI=1S/C16H18FNO2/c1-11(18)15-10-13(17)4-7-16(15)20-14-5-2-12(3-6-14)8-9-19/h2-7,10-11,19H,8-9,18H2,1H3/t11-/m0/s1. The van der Waals surface area contributed by atoms with Crippen LogP contribution in [-0.2, 0) is 6.42 Å². The molecule has 0 unspecified atom stereocenters. The fourth-order valence-electron chi connectivity index (χ4n) is 1.95. The van der Waals surface area contributed by atoms with Gasteiger partial charge in [-0.3, -0.25) is 0 Å². The van der Waals surface area contributed by atoms with Crippen molar-refractivity contribution in [1.82, 2.24) is 0 Å². The molecule has 2 rings (SSSR count). The number of hydrogen-bond donors (Lipinski definition) is 2. The molecule has 0 aliphatic rings. The predicted octanol–water partition coefficient (Wildman–Crippen LogP) is 3.17. The lowest BCUT2D eigenvalue weighted by Gasteiger charge is -2.14. The van der Waals surface area contributed by atoms with E-state index in [9.17, 15) is 4.39 Å². The largest absolute Gasteiger partial charge is 0.457 e. The van der Waals surface area contributed by atoms with Crippen molar-refractivity contribution in [3.63, 3.8) is 0 Å². The highest BCUT2D eigenvalue weighted by molar-refractivity contribution is 5.40. The summed E-state index contributed by atoms with van der Waals surface area (Å²) >= 11 is 0. The summed E-state index contributed by atoms with van der Waals surface area (Å²) in [6.07, 6.45) is 0.613. The van der Waals surface area contributed by atoms with Crippen LogP contribution in [0.2, 0.25) is 0 Å². The number of hydrogen-bond acceptors (Lipinski definition) is 3. The van der Waals surface area contributed by atoms with Crippen LogP contribution in [-0.4, -0.2) is 11.7 Å². The van der Waals surface area contributed by atoms with Gasteiger partial charge in [-0.2, -0.15) is 0 Å². The predicted molar refractivity (Wildman–Crippen MR) is 76.3 cm³/mol. The maximum atomic E-state index is 13.2. The van der Waals surface area contributed by atoms with E-state index in [0.717, 1.165) is 5.56 Å². The minimum atomic E-state index is -0.331. The summed E-state index contributed by atoms with van der Waals surface area (Å²) in [5, 5.41) is 8.87. The van der Waals surface area contributed by atoms with Crippen molar-refractivity contribution in [3.8, 4) is 11.5 Å². The molecule has 4 heteroatoms. The number of rotatable bonds is 5. The van der Waals surface area contributed by atoms with Crippen LogP contribution < -0.4 is 10.5 Å². The molecule has 2 aromatic rings. The van der Waals surface area contributed by atoms with Gasteiger partial charge in [0.05, 0.1) is 0 Å². The first-order valence-corrected chi connectivity index (χ1v) is 6.53. The second-order valence-corrected chi connectivity index (χ2v) is 4.69. The van der Waals surface area contributed by atoms with Gasteiger partial charge in [-0.1, -0.05) is 12.1 Å². The minimum Gasteiger partial charge on any atom is -0.457 e. The number of ether oxygens (including phenoxy) is 1. The van der Waals surface area contributed by atoms with Gasteiger partial charge in [0.25, 0.3) is 0 Å². The van der Waals surface area contributed by atoms with Crippen LogP contribution >= 0.6 is 0 Å². The van der Waals surface area contributed by atoms with E-state index in [2.05, 4.69) is 0 Å². The number of benzene rings is 2. The van der Waals surface area contributed by atoms with E-state index in [1.54, 1.807) is 13.0 Å². The topological polar surface area (TPSA) is 55.5 Å². The smallest absolute Gasteiger partial charge is 0.132 e. The zero-order valence-corrected chi connectivity index (χ0v) is 11.3. The van der Waals surface area contributed by atoms with Crippen LogP contribution in [0.1, 0.15) is 24.1 Å². The third kappa shape index (κ3) is 3.56. The Hall–Kier alpha value is -1.91. The first-order chi connectivity index (χ1) is 9.60. The van der Waals surface area contributed by atoms with Crippen molar-refractivity contribution >= 4 is 0 Å². The summed E-state index contributed by atoms with van der Waals surface area (Å²) < 4.78 is 19.0. The Balaban J connectivity index is 2.21. The molecule has 0 fully saturated rings. The van der Waals surface area contributed by atoms with Gasteiger partial charge in [-0.25, -0.2) is 4.39 Å². The Morgan fingerprint density at radius 2 is 1.90 bits per heavy atom. The Kier molecular flexibility index (Phi) is 4.71. The monoisotopic (exact) mass is 275 g/mol. The van der Waals surface area contributed by atoms with Crippen LogP contribution in [0.25, 0.3) is 0 Å². The molecule has 0 aliphatic heterocycles. The Morgan fingerprint density at radius 1 is 1.20 bits per heavy atom. The summed E-state index contributed by atoms with van der Waals surface area (Å²) in [5.74, 6) is 0.874. The van der Waals surface area contributed by atoms with Gasteiger partial charge in [0, 0.05) is 18.2 Å². The normalized spacial score (nSPS) is 12.2. The maximum absolute atomic E-state index is 13.2. The lowest BCUT2D eigenvalue weighted by molar-refractivity contribution is 0.299. The molecule has 0 aliphatic carbocycles. The molecule has 0 aromatic heterocycles. The number of halogens is 1. The average Bonchev–Trinajstić information content (AvgIpc) is 2.43. The van der Waals surface area contributed by atoms with Gasteiger partial charge < -0.3 is 15.6 Å². The molecule has 106 valence electrons. The second kappa shape index (κ2) is 6.50. The van der Waals surface area contributed by atoms with E-state index in [-0.39, 0.29) is 18.5 Å². The van der Waals surface area contributed by atoms with Gasteiger partial charge >= 0.3 is 0 Å². The second-order valence-electron chi connectivity index (χ2n) is 4.69. The van der Waals surface area contributed by atoms with Crippen LogP contribution in [0.15, 0.2) is 42.5 Å². The first kappa shape index (κ1) is 14.5. The molecule has 0 amide bonds. The minimum absolute atomic E-state index is 0.118. The van der Waals surface area contributed by atoms with Crippen LogP contribution in [0.4, 0.5) is 4.39 Å². The lowest BCUT2D eigenvalue weighted by atomic mass is 10.1. The van der Waals surface area contributed by atoms with Crippen molar-refractivity contribution in [2.24, 2.45) is 5.73 Å². The summed E-state index contributed by atoms with van der Waals surface area (Å²) in [6, 6.07) is 11.4. The van der Waals surface area contributed by atoms with Crippen molar-refractivity contribution in [2.75, 3.05) is 6.61 Å². The van der Waals surface area contributed by atoms with Crippen LogP contribution in [0, 0.1) is 5.82 Å². The zero-order valence-electron chi connectivity index (χ0n) is 11.3. The fraction of sp³-hybridized carbons (Fsp3) is 0.250. The summed E-state index contributed by atoms with van der Waals surface area (Å²) in [4.78, 5) is 0. The lowest BCUT2D eigenvalue weighted by Crippen LogP contribution is -2.07. The van der Waals surface area contributed by atoms with E-state index in [1.165, 1.54) is 12.1 Å². The zero-order chi connectivity index (χ0) is 14.5. The highest BCUT2D eigenvalue weighted by atomic mass is 19.1. The van der Waals surface area contributed by atoms with Crippen LogP contribution in [0.3, 0.4) is 0 Å². The first-order valence-electron chi connectivity index (χ1n) is 6.53. The molecule has 0 saturated carbocycles. The summed E-state index contributed by atoms with van der Waals surface area (Å²) in [5.41, 5.74) is 7.49. The van der Waals surface area contributed by atoms with E-state index in [4.69, 9.17) is 15.6 Å². The van der Waals surface area contributed by atoms with E-state index < -0.39 is 0 Å². The Bertz CT molecular complexity index is 567. The molecule has 0 saturated heterocycles. The summed E-state index contributed by atoms with van der Waals surface area (Å²) in [7, 11) is 0. The molecule has 2 aromatic carbocycles. The van der Waals surface area contributed by atoms with E-state index >= 15 is 0 Å². The van der Waals surface area contributed by atoms with E-state index in [0.29, 0.717) is 23.5 Å². The average molecular weight is 275 g/mol. The number of aliphatic hydroxyl groups excluding tert-OH is 1. The van der Waals surface area contributed by atoms with Gasteiger partial charge in [-0.15, -0.1) is 0 Å². The van der Waals surface area contributed by atoms with E-state index in [1.807, 2.05) is 24.3 Å². The maximum Gasteiger partial charge on any atom is 0.132 e. The molecule has 3 nitrogen and oxygen atoms in total. The molecule has 0 spiro atoms. The SMILES string of the molecule is C[C@H](N)c1cc(F)ccc1Oc1ccc(CCO)cc1. The van der Waals surface area contributed by atoms with Crippen molar-refractivity contribution in [3.05, 3.63) is 59.4 Å². The van der Waals surface area contributed by atoms with Gasteiger partial charge in [-0.05, 0) is 49.2 Å². The molecular formula is C16H18FNO2. The number of nitrogens with two attached hydrogens (primary N) is 1.